The van der Waals surface area contributed by atoms with Gasteiger partial charge in [-0.2, -0.15) is 5.17 Å². The van der Waals surface area contributed by atoms with Crippen molar-refractivity contribution in [2.24, 2.45) is 0 Å². The van der Waals surface area contributed by atoms with Crippen molar-refractivity contribution in [3.63, 3.8) is 0 Å². The lowest BCUT2D eigenvalue weighted by atomic mass is 10.2. The summed E-state index contributed by atoms with van der Waals surface area (Å²) in [5.41, 5.74) is 4.63. The molecule has 0 unspecified atom stereocenters. The molecule has 1 aromatic rings. The van der Waals surface area contributed by atoms with Gasteiger partial charge < -0.3 is 0 Å². The highest BCUT2D eigenvalue weighted by Crippen LogP contribution is 2.32. The summed E-state index contributed by atoms with van der Waals surface area (Å²) in [7, 11) is 0. The number of anilines is 2. The Morgan fingerprint density at radius 2 is 1.85 bits per heavy atom. The van der Waals surface area contributed by atoms with Gasteiger partial charge in [-0.1, -0.05) is 12.1 Å². The van der Waals surface area contributed by atoms with Gasteiger partial charge in [0.2, 0.25) is 0 Å². The number of nitrogens with zero attached hydrogens (tertiary/aromatic N) is 2. The number of fused-ring (bicyclic) bond motifs is 1. The number of benzene rings is 1. The van der Waals surface area contributed by atoms with E-state index in [0.29, 0.717) is 6.04 Å². The smallest absolute Gasteiger partial charge is 0.109 e. The van der Waals surface area contributed by atoms with Crippen molar-refractivity contribution < 1.29 is 5.21 Å². The number of para-hydroxylation sites is 2. The Hall–Kier alpha value is -1.26. The Kier molecular flexibility index (Phi) is 1.86. The highest BCUT2D eigenvalue weighted by atomic mass is 16.6. The Bertz CT molecular complexity index is 313. The van der Waals surface area contributed by atoms with Crippen molar-refractivity contribution in [3.8, 4) is 0 Å². The van der Waals surface area contributed by atoms with E-state index < -0.39 is 0 Å². The van der Waals surface area contributed by atoms with Crippen LogP contribution in [0.1, 0.15) is 13.8 Å². The third-order valence-corrected chi connectivity index (χ3v) is 2.09. The molecule has 4 nitrogen and oxygen atoms in total. The molecule has 0 aromatic heterocycles. The van der Waals surface area contributed by atoms with Crippen LogP contribution in [0.2, 0.25) is 0 Å². The summed E-state index contributed by atoms with van der Waals surface area (Å²) in [6, 6.07) is 7.99. The first-order valence-electron chi connectivity index (χ1n) is 4.33. The van der Waals surface area contributed by atoms with E-state index in [0.717, 1.165) is 16.5 Å². The largest absolute Gasteiger partial charge is 0.284 e. The summed E-state index contributed by atoms with van der Waals surface area (Å²) in [5.74, 6) is 0. The van der Waals surface area contributed by atoms with E-state index in [1.807, 2.05) is 29.3 Å². The molecule has 4 heteroatoms. The maximum atomic E-state index is 9.48. The van der Waals surface area contributed by atoms with Crippen LogP contribution in [0.15, 0.2) is 24.3 Å². The zero-order chi connectivity index (χ0) is 9.42. The fraction of sp³-hybridized carbons (Fsp3) is 0.333. The van der Waals surface area contributed by atoms with Gasteiger partial charge in [0, 0.05) is 6.04 Å². The zero-order valence-corrected chi connectivity index (χ0v) is 7.73. The normalized spacial score (nSPS) is 15.4. The summed E-state index contributed by atoms with van der Waals surface area (Å²) < 4.78 is 0. The van der Waals surface area contributed by atoms with Crippen LogP contribution in [0.25, 0.3) is 0 Å². The minimum atomic E-state index is 0.304. The predicted molar refractivity (Wildman–Crippen MR) is 51.5 cm³/mol. The SMILES string of the molecule is CC(C)N1NN(O)c2ccccc21. The average molecular weight is 179 g/mol. The predicted octanol–water partition coefficient (Wildman–Crippen LogP) is 1.53. The van der Waals surface area contributed by atoms with Crippen molar-refractivity contribution in [3.05, 3.63) is 24.3 Å². The molecular formula is C9H13N3O. The highest BCUT2D eigenvalue weighted by molar-refractivity contribution is 5.73. The van der Waals surface area contributed by atoms with E-state index in [-0.39, 0.29) is 0 Å². The second kappa shape index (κ2) is 2.90. The van der Waals surface area contributed by atoms with Crippen LogP contribution in [0, 0.1) is 0 Å². The molecule has 2 rings (SSSR count). The molecule has 0 saturated heterocycles. The molecule has 1 aliphatic heterocycles. The average Bonchev–Trinajstić information content (AvgIpc) is 2.45. The summed E-state index contributed by atoms with van der Waals surface area (Å²) in [6.07, 6.45) is 0. The molecule has 0 amide bonds. The Labute approximate surface area is 77.3 Å². The number of hydrogen-bond donors (Lipinski definition) is 2. The second-order valence-electron chi connectivity index (χ2n) is 3.36. The molecule has 0 fully saturated rings. The molecule has 0 radical (unpaired) electrons. The standard InChI is InChI=1S/C9H13N3O/c1-7(2)11-8-5-3-4-6-9(8)12(13)10-11/h3-7,10,13H,1-2H3. The maximum Gasteiger partial charge on any atom is 0.109 e. The molecule has 0 aliphatic carbocycles. The molecule has 0 atom stereocenters. The minimum Gasteiger partial charge on any atom is -0.284 e. The lowest BCUT2D eigenvalue weighted by Gasteiger charge is -2.22. The van der Waals surface area contributed by atoms with Gasteiger partial charge in [-0.15, -0.1) is 5.53 Å². The van der Waals surface area contributed by atoms with Gasteiger partial charge in [-0.25, -0.2) is 0 Å². The first kappa shape index (κ1) is 8.34. The Balaban J connectivity index is 2.41. The molecule has 70 valence electrons. The quantitative estimate of drug-likeness (QED) is 0.685. The van der Waals surface area contributed by atoms with Gasteiger partial charge in [0.05, 0.1) is 5.69 Å². The van der Waals surface area contributed by atoms with Crippen LogP contribution < -0.4 is 15.7 Å². The van der Waals surface area contributed by atoms with Crippen molar-refractivity contribution in [2.75, 3.05) is 10.2 Å². The van der Waals surface area contributed by atoms with Gasteiger partial charge in [0.15, 0.2) is 0 Å². The van der Waals surface area contributed by atoms with Crippen molar-refractivity contribution >= 4 is 11.4 Å². The van der Waals surface area contributed by atoms with Crippen LogP contribution in [0.3, 0.4) is 0 Å². The molecular weight excluding hydrogens is 166 g/mol. The highest BCUT2D eigenvalue weighted by Gasteiger charge is 2.25. The van der Waals surface area contributed by atoms with E-state index >= 15 is 0 Å². The van der Waals surface area contributed by atoms with E-state index in [1.165, 1.54) is 0 Å². The van der Waals surface area contributed by atoms with Gasteiger partial charge in [0.1, 0.15) is 5.69 Å². The topological polar surface area (TPSA) is 38.7 Å². The number of rotatable bonds is 1. The third kappa shape index (κ3) is 1.24. The van der Waals surface area contributed by atoms with Gasteiger partial charge >= 0.3 is 0 Å². The molecule has 2 N–H and O–H groups in total. The van der Waals surface area contributed by atoms with Crippen molar-refractivity contribution in [1.29, 1.82) is 0 Å². The lowest BCUT2D eigenvalue weighted by Crippen LogP contribution is -2.46. The molecule has 0 bridgehead atoms. The van der Waals surface area contributed by atoms with E-state index in [4.69, 9.17) is 0 Å². The first-order valence-corrected chi connectivity index (χ1v) is 4.33. The maximum absolute atomic E-state index is 9.48. The minimum absolute atomic E-state index is 0.304. The van der Waals surface area contributed by atoms with Crippen LogP contribution in [-0.2, 0) is 0 Å². The lowest BCUT2D eigenvalue weighted by molar-refractivity contribution is 0.214. The Morgan fingerprint density at radius 3 is 2.46 bits per heavy atom. The summed E-state index contributed by atoms with van der Waals surface area (Å²) in [4.78, 5) is 0. The van der Waals surface area contributed by atoms with Gasteiger partial charge in [-0.3, -0.25) is 10.2 Å². The zero-order valence-electron chi connectivity index (χ0n) is 7.73. The Morgan fingerprint density at radius 1 is 1.23 bits per heavy atom. The van der Waals surface area contributed by atoms with Gasteiger partial charge in [-0.05, 0) is 26.0 Å². The number of hydrogen-bond acceptors (Lipinski definition) is 4. The molecule has 1 aromatic carbocycles. The molecule has 0 spiro atoms. The van der Waals surface area contributed by atoms with Crippen LogP contribution in [-0.4, -0.2) is 11.2 Å². The monoisotopic (exact) mass is 179 g/mol. The van der Waals surface area contributed by atoms with E-state index in [1.54, 1.807) is 0 Å². The fourth-order valence-electron chi connectivity index (χ4n) is 1.45. The molecule has 1 aliphatic rings. The van der Waals surface area contributed by atoms with E-state index in [2.05, 4.69) is 19.4 Å². The second-order valence-corrected chi connectivity index (χ2v) is 3.36. The first-order chi connectivity index (χ1) is 6.20. The fourth-order valence-corrected chi connectivity index (χ4v) is 1.45. The molecule has 1 heterocycles. The van der Waals surface area contributed by atoms with Crippen molar-refractivity contribution in [2.45, 2.75) is 19.9 Å². The van der Waals surface area contributed by atoms with Crippen LogP contribution in [0.4, 0.5) is 11.4 Å². The van der Waals surface area contributed by atoms with Crippen LogP contribution >= 0.6 is 0 Å². The summed E-state index contributed by atoms with van der Waals surface area (Å²) >= 11 is 0. The third-order valence-electron chi connectivity index (χ3n) is 2.09. The van der Waals surface area contributed by atoms with E-state index in [9.17, 15) is 5.21 Å². The molecule has 0 saturated carbocycles. The van der Waals surface area contributed by atoms with Crippen molar-refractivity contribution in [1.82, 2.24) is 5.53 Å². The van der Waals surface area contributed by atoms with Gasteiger partial charge in [0.25, 0.3) is 0 Å². The summed E-state index contributed by atoms with van der Waals surface area (Å²) in [5, 5.41) is 12.4. The molecule has 13 heavy (non-hydrogen) atoms. The summed E-state index contributed by atoms with van der Waals surface area (Å²) in [6.45, 7) is 4.12. The van der Waals surface area contributed by atoms with Crippen LogP contribution in [0.5, 0.6) is 0 Å². The number of nitrogens with one attached hydrogen (secondary N) is 1. The number of hydrazine groups is 2.